The largest absolute Gasteiger partial charge is 0.481 e. The summed E-state index contributed by atoms with van der Waals surface area (Å²) >= 11 is 0. The van der Waals surface area contributed by atoms with Crippen molar-refractivity contribution in [1.82, 2.24) is 4.90 Å². The number of nitrogens with zero attached hydrogens (tertiary/aromatic N) is 1. The van der Waals surface area contributed by atoms with Gasteiger partial charge in [-0.2, -0.15) is 0 Å². The van der Waals surface area contributed by atoms with Crippen LogP contribution in [0.15, 0.2) is 24.3 Å². The van der Waals surface area contributed by atoms with Crippen molar-refractivity contribution in [3.63, 3.8) is 0 Å². The SMILES string of the molecule is O=C(O)CC1CS(=O)(=O)CCN1C(=O)c1cccc(F)c1. The second-order valence-corrected chi connectivity index (χ2v) is 7.10. The van der Waals surface area contributed by atoms with Gasteiger partial charge < -0.3 is 10.0 Å². The Morgan fingerprint density at radius 3 is 2.71 bits per heavy atom. The van der Waals surface area contributed by atoms with E-state index in [1.54, 1.807) is 0 Å². The minimum absolute atomic E-state index is 0.0738. The number of rotatable bonds is 3. The Kier molecular flexibility index (Phi) is 4.26. The highest BCUT2D eigenvalue weighted by Crippen LogP contribution is 2.18. The molecule has 1 heterocycles. The van der Waals surface area contributed by atoms with Gasteiger partial charge >= 0.3 is 5.97 Å². The molecule has 1 atom stereocenters. The second-order valence-electron chi connectivity index (χ2n) is 4.87. The van der Waals surface area contributed by atoms with Gasteiger partial charge in [0.05, 0.1) is 24.0 Å². The lowest BCUT2D eigenvalue weighted by molar-refractivity contribution is -0.138. The van der Waals surface area contributed by atoms with Crippen molar-refractivity contribution >= 4 is 21.7 Å². The maximum atomic E-state index is 13.2. The monoisotopic (exact) mass is 315 g/mol. The number of halogens is 1. The Balaban J connectivity index is 2.27. The average molecular weight is 315 g/mol. The zero-order chi connectivity index (χ0) is 15.6. The third-order valence-electron chi connectivity index (χ3n) is 3.27. The molecule has 1 amide bonds. The third-order valence-corrected chi connectivity index (χ3v) is 4.97. The highest BCUT2D eigenvalue weighted by atomic mass is 32.2. The fourth-order valence-corrected chi connectivity index (χ4v) is 3.84. The quantitative estimate of drug-likeness (QED) is 0.879. The van der Waals surface area contributed by atoms with Crippen molar-refractivity contribution in [3.05, 3.63) is 35.6 Å². The minimum Gasteiger partial charge on any atom is -0.481 e. The Morgan fingerprint density at radius 2 is 2.10 bits per heavy atom. The topological polar surface area (TPSA) is 91.8 Å². The van der Waals surface area contributed by atoms with Gasteiger partial charge in [0.25, 0.3) is 5.91 Å². The summed E-state index contributed by atoms with van der Waals surface area (Å²) in [5.74, 6) is -2.94. The highest BCUT2D eigenvalue weighted by molar-refractivity contribution is 7.91. The van der Waals surface area contributed by atoms with E-state index in [0.29, 0.717) is 0 Å². The number of carbonyl (C=O) groups is 2. The molecule has 1 unspecified atom stereocenters. The third kappa shape index (κ3) is 3.78. The molecule has 21 heavy (non-hydrogen) atoms. The zero-order valence-electron chi connectivity index (χ0n) is 11.0. The molecule has 0 aliphatic carbocycles. The highest BCUT2D eigenvalue weighted by Gasteiger charge is 2.35. The molecule has 0 radical (unpaired) electrons. The summed E-state index contributed by atoms with van der Waals surface area (Å²) < 4.78 is 36.4. The number of hydrogen-bond acceptors (Lipinski definition) is 4. The number of sulfone groups is 1. The van der Waals surface area contributed by atoms with Crippen LogP contribution in [0.25, 0.3) is 0 Å². The van der Waals surface area contributed by atoms with E-state index in [9.17, 15) is 22.4 Å². The normalized spacial score (nSPS) is 21.0. The maximum Gasteiger partial charge on any atom is 0.305 e. The van der Waals surface area contributed by atoms with Crippen LogP contribution in [0.1, 0.15) is 16.8 Å². The molecule has 1 aliphatic rings. The lowest BCUT2D eigenvalue weighted by atomic mass is 10.1. The second kappa shape index (κ2) is 5.80. The molecule has 1 fully saturated rings. The molecule has 2 rings (SSSR count). The molecular formula is C13H14FNO5S. The van der Waals surface area contributed by atoms with Crippen molar-refractivity contribution in [2.45, 2.75) is 12.5 Å². The summed E-state index contributed by atoms with van der Waals surface area (Å²) in [5.41, 5.74) is 0.0738. The van der Waals surface area contributed by atoms with Crippen LogP contribution in [0.4, 0.5) is 4.39 Å². The van der Waals surface area contributed by atoms with E-state index in [2.05, 4.69) is 0 Å². The van der Waals surface area contributed by atoms with Crippen molar-refractivity contribution in [1.29, 1.82) is 0 Å². The van der Waals surface area contributed by atoms with Gasteiger partial charge in [0.15, 0.2) is 9.84 Å². The van der Waals surface area contributed by atoms with E-state index < -0.39 is 40.0 Å². The molecule has 1 aromatic rings. The summed E-state index contributed by atoms with van der Waals surface area (Å²) in [6, 6.07) is 4.08. The van der Waals surface area contributed by atoms with Crippen molar-refractivity contribution in [2.75, 3.05) is 18.1 Å². The van der Waals surface area contributed by atoms with Crippen LogP contribution >= 0.6 is 0 Å². The van der Waals surface area contributed by atoms with E-state index >= 15 is 0 Å². The lowest BCUT2D eigenvalue weighted by Gasteiger charge is -2.34. The molecule has 1 saturated heterocycles. The number of aliphatic carboxylic acids is 1. The number of carboxylic acids is 1. The first-order chi connectivity index (χ1) is 9.78. The van der Waals surface area contributed by atoms with Crippen LogP contribution in [0.5, 0.6) is 0 Å². The van der Waals surface area contributed by atoms with Gasteiger partial charge in [-0.3, -0.25) is 9.59 Å². The smallest absolute Gasteiger partial charge is 0.305 e. The molecule has 0 saturated carbocycles. The molecule has 0 spiro atoms. The number of carboxylic acid groups (broad SMARTS) is 1. The average Bonchev–Trinajstić information content (AvgIpc) is 2.36. The number of hydrogen-bond donors (Lipinski definition) is 1. The van der Waals surface area contributed by atoms with E-state index in [0.717, 1.165) is 6.07 Å². The van der Waals surface area contributed by atoms with E-state index in [1.165, 1.54) is 23.1 Å². The lowest BCUT2D eigenvalue weighted by Crippen LogP contribution is -2.52. The van der Waals surface area contributed by atoms with Crippen LogP contribution in [0.3, 0.4) is 0 Å². The van der Waals surface area contributed by atoms with Crippen molar-refractivity contribution < 1.29 is 27.5 Å². The Morgan fingerprint density at radius 1 is 1.38 bits per heavy atom. The first-order valence-corrected chi connectivity index (χ1v) is 8.09. The van der Waals surface area contributed by atoms with Gasteiger partial charge in [0.1, 0.15) is 5.82 Å². The summed E-state index contributed by atoms with van der Waals surface area (Å²) in [7, 11) is -3.37. The zero-order valence-corrected chi connectivity index (χ0v) is 11.8. The van der Waals surface area contributed by atoms with Gasteiger partial charge in [-0.1, -0.05) is 6.07 Å². The number of carbonyl (C=O) groups excluding carboxylic acids is 1. The van der Waals surface area contributed by atoms with Crippen LogP contribution in [-0.4, -0.2) is 54.4 Å². The van der Waals surface area contributed by atoms with Crippen LogP contribution < -0.4 is 0 Å². The number of amides is 1. The van der Waals surface area contributed by atoms with Gasteiger partial charge in [0.2, 0.25) is 0 Å². The summed E-state index contributed by atoms with van der Waals surface area (Å²) in [6.45, 7) is -0.0877. The van der Waals surface area contributed by atoms with Gasteiger partial charge in [0, 0.05) is 12.1 Å². The van der Waals surface area contributed by atoms with Gasteiger partial charge in [-0.15, -0.1) is 0 Å². The fraction of sp³-hybridized carbons (Fsp3) is 0.385. The molecular weight excluding hydrogens is 301 g/mol. The fourth-order valence-electron chi connectivity index (χ4n) is 2.31. The van der Waals surface area contributed by atoms with Gasteiger partial charge in [-0.05, 0) is 18.2 Å². The summed E-state index contributed by atoms with van der Waals surface area (Å²) in [6.07, 6.45) is -0.458. The first-order valence-electron chi connectivity index (χ1n) is 6.27. The summed E-state index contributed by atoms with van der Waals surface area (Å²) in [4.78, 5) is 24.4. The molecule has 6 nitrogen and oxygen atoms in total. The Bertz CT molecular complexity index is 673. The molecule has 1 aromatic carbocycles. The Labute approximate surface area is 121 Å². The first kappa shape index (κ1) is 15.4. The Hall–Kier alpha value is -1.96. The van der Waals surface area contributed by atoms with E-state index in [-0.39, 0.29) is 23.6 Å². The van der Waals surface area contributed by atoms with E-state index in [4.69, 9.17) is 5.11 Å². The predicted octanol–water partition coefficient (Wildman–Crippen LogP) is 0.540. The van der Waals surface area contributed by atoms with Crippen LogP contribution in [-0.2, 0) is 14.6 Å². The molecule has 8 heteroatoms. The molecule has 0 bridgehead atoms. The molecule has 1 N–H and O–H groups in total. The van der Waals surface area contributed by atoms with Crippen molar-refractivity contribution in [2.24, 2.45) is 0 Å². The van der Waals surface area contributed by atoms with Gasteiger partial charge in [-0.25, -0.2) is 12.8 Å². The van der Waals surface area contributed by atoms with Crippen molar-refractivity contribution in [3.8, 4) is 0 Å². The molecule has 114 valence electrons. The summed E-state index contributed by atoms with van der Waals surface area (Å²) in [5, 5.41) is 8.86. The minimum atomic E-state index is -3.37. The van der Waals surface area contributed by atoms with Crippen LogP contribution in [0.2, 0.25) is 0 Å². The maximum absolute atomic E-state index is 13.2. The number of benzene rings is 1. The van der Waals surface area contributed by atoms with Crippen LogP contribution in [0, 0.1) is 5.82 Å². The molecule has 0 aromatic heterocycles. The molecule has 1 aliphatic heterocycles. The standard InChI is InChI=1S/C13H14FNO5S/c14-10-3-1-2-9(6-10)13(18)15-4-5-21(19,20)8-11(15)7-12(16)17/h1-3,6,11H,4-5,7-8H2,(H,16,17). The van der Waals surface area contributed by atoms with E-state index in [1.807, 2.05) is 0 Å². The predicted molar refractivity (Wildman–Crippen MR) is 72.1 cm³/mol.